The minimum Gasteiger partial charge on any atom is -0.370 e. The van der Waals surface area contributed by atoms with Crippen molar-refractivity contribution in [3.8, 4) is 0 Å². The van der Waals surface area contributed by atoms with E-state index in [4.69, 9.17) is 0 Å². The Morgan fingerprint density at radius 1 is 1.38 bits per heavy atom. The zero-order valence-electron chi connectivity index (χ0n) is 10.5. The minimum absolute atomic E-state index is 0.586. The van der Waals surface area contributed by atoms with E-state index in [0.29, 0.717) is 12.1 Å². The molecule has 1 N–H and O–H groups in total. The Bertz CT molecular complexity index is 346. The lowest BCUT2D eigenvalue weighted by Gasteiger charge is -2.20. The molecule has 1 atom stereocenters. The van der Waals surface area contributed by atoms with Crippen LogP contribution in [-0.4, -0.2) is 25.2 Å². The molecule has 16 heavy (non-hydrogen) atoms. The number of rotatable bonds is 3. The van der Waals surface area contributed by atoms with Gasteiger partial charge in [0.25, 0.3) is 0 Å². The predicted octanol–water partition coefficient (Wildman–Crippen LogP) is 2.57. The third kappa shape index (κ3) is 2.76. The SMILES string of the molecule is Cc1cccc(N2CCC(NC(C)C)C2)c1. The molecule has 0 spiro atoms. The van der Waals surface area contributed by atoms with E-state index in [1.54, 1.807) is 0 Å². The predicted molar refractivity (Wildman–Crippen MR) is 70.1 cm³/mol. The van der Waals surface area contributed by atoms with Gasteiger partial charge in [0.1, 0.15) is 0 Å². The van der Waals surface area contributed by atoms with E-state index in [1.165, 1.54) is 24.2 Å². The van der Waals surface area contributed by atoms with Crippen LogP contribution in [0.4, 0.5) is 5.69 Å². The zero-order valence-corrected chi connectivity index (χ0v) is 10.5. The Morgan fingerprint density at radius 3 is 2.88 bits per heavy atom. The highest BCUT2D eigenvalue weighted by molar-refractivity contribution is 5.49. The molecule has 1 aliphatic rings. The molecule has 0 saturated carbocycles. The van der Waals surface area contributed by atoms with Crippen molar-refractivity contribution in [2.75, 3.05) is 18.0 Å². The lowest BCUT2D eigenvalue weighted by atomic mass is 10.2. The summed E-state index contributed by atoms with van der Waals surface area (Å²) in [5.74, 6) is 0. The lowest BCUT2D eigenvalue weighted by molar-refractivity contribution is 0.492. The van der Waals surface area contributed by atoms with Gasteiger partial charge in [0.05, 0.1) is 0 Å². The maximum Gasteiger partial charge on any atom is 0.0369 e. The highest BCUT2D eigenvalue weighted by Crippen LogP contribution is 2.21. The molecule has 1 saturated heterocycles. The average Bonchev–Trinajstić information content (AvgIpc) is 2.65. The molecule has 1 aromatic carbocycles. The van der Waals surface area contributed by atoms with Crippen LogP contribution < -0.4 is 10.2 Å². The average molecular weight is 218 g/mol. The molecule has 1 unspecified atom stereocenters. The normalized spacial score (nSPS) is 20.8. The van der Waals surface area contributed by atoms with E-state index in [0.717, 1.165) is 6.54 Å². The summed E-state index contributed by atoms with van der Waals surface area (Å²) in [6.07, 6.45) is 1.26. The maximum absolute atomic E-state index is 3.61. The summed E-state index contributed by atoms with van der Waals surface area (Å²) in [5.41, 5.74) is 2.71. The molecule has 0 aromatic heterocycles. The zero-order chi connectivity index (χ0) is 11.5. The van der Waals surface area contributed by atoms with Gasteiger partial charge in [-0.1, -0.05) is 26.0 Å². The Hall–Kier alpha value is -1.02. The van der Waals surface area contributed by atoms with Gasteiger partial charge >= 0.3 is 0 Å². The van der Waals surface area contributed by atoms with Crippen molar-refractivity contribution in [3.05, 3.63) is 29.8 Å². The van der Waals surface area contributed by atoms with Gasteiger partial charge in [-0.15, -0.1) is 0 Å². The van der Waals surface area contributed by atoms with Gasteiger partial charge in [0.15, 0.2) is 0 Å². The van der Waals surface area contributed by atoms with E-state index in [2.05, 4.69) is 55.3 Å². The summed E-state index contributed by atoms with van der Waals surface area (Å²) >= 11 is 0. The van der Waals surface area contributed by atoms with E-state index >= 15 is 0 Å². The lowest BCUT2D eigenvalue weighted by Crippen LogP contribution is -2.37. The smallest absolute Gasteiger partial charge is 0.0369 e. The van der Waals surface area contributed by atoms with Crippen molar-refractivity contribution >= 4 is 5.69 Å². The second-order valence-electron chi connectivity index (χ2n) is 5.09. The van der Waals surface area contributed by atoms with Crippen LogP contribution in [-0.2, 0) is 0 Å². The minimum atomic E-state index is 0.586. The number of aryl methyl sites for hydroxylation is 1. The standard InChI is InChI=1S/C14H22N2/c1-11(2)15-13-7-8-16(10-13)14-6-4-5-12(3)9-14/h4-6,9,11,13,15H,7-8,10H2,1-3H3. The van der Waals surface area contributed by atoms with Crippen molar-refractivity contribution in [3.63, 3.8) is 0 Å². The van der Waals surface area contributed by atoms with Crippen molar-refractivity contribution in [2.24, 2.45) is 0 Å². The highest BCUT2D eigenvalue weighted by Gasteiger charge is 2.22. The van der Waals surface area contributed by atoms with Crippen molar-refractivity contribution in [2.45, 2.75) is 39.3 Å². The van der Waals surface area contributed by atoms with Crippen molar-refractivity contribution < 1.29 is 0 Å². The third-order valence-corrected chi connectivity index (χ3v) is 3.12. The Balaban J connectivity index is 1.98. The topological polar surface area (TPSA) is 15.3 Å². The molecular weight excluding hydrogens is 196 g/mol. The van der Waals surface area contributed by atoms with Gasteiger partial charge < -0.3 is 10.2 Å². The van der Waals surface area contributed by atoms with Gasteiger partial charge in [-0.25, -0.2) is 0 Å². The van der Waals surface area contributed by atoms with Gasteiger partial charge in [0.2, 0.25) is 0 Å². The first-order valence-electron chi connectivity index (χ1n) is 6.23. The van der Waals surface area contributed by atoms with Crippen LogP contribution >= 0.6 is 0 Å². The van der Waals surface area contributed by atoms with Crippen LogP contribution in [0.5, 0.6) is 0 Å². The van der Waals surface area contributed by atoms with E-state index < -0.39 is 0 Å². The quantitative estimate of drug-likeness (QED) is 0.839. The number of nitrogens with zero attached hydrogens (tertiary/aromatic N) is 1. The molecule has 0 amide bonds. The first kappa shape index (κ1) is 11.5. The van der Waals surface area contributed by atoms with Crippen LogP contribution in [0.1, 0.15) is 25.8 Å². The van der Waals surface area contributed by atoms with Crippen LogP contribution in [0, 0.1) is 6.92 Å². The monoisotopic (exact) mass is 218 g/mol. The second-order valence-corrected chi connectivity index (χ2v) is 5.09. The molecule has 2 nitrogen and oxygen atoms in total. The molecule has 0 bridgehead atoms. The fourth-order valence-corrected chi connectivity index (χ4v) is 2.43. The number of benzene rings is 1. The number of hydrogen-bond acceptors (Lipinski definition) is 2. The van der Waals surface area contributed by atoms with E-state index in [-0.39, 0.29) is 0 Å². The second kappa shape index (κ2) is 4.88. The fourth-order valence-electron chi connectivity index (χ4n) is 2.43. The summed E-state index contributed by atoms with van der Waals surface area (Å²) in [6, 6.07) is 10.0. The Morgan fingerprint density at radius 2 is 2.19 bits per heavy atom. The highest BCUT2D eigenvalue weighted by atomic mass is 15.2. The molecule has 1 heterocycles. The Labute approximate surface area is 98.7 Å². The summed E-state index contributed by atoms with van der Waals surface area (Å²) in [4.78, 5) is 2.48. The molecule has 2 heteroatoms. The van der Waals surface area contributed by atoms with Gasteiger partial charge in [0, 0.05) is 30.9 Å². The van der Waals surface area contributed by atoms with Gasteiger partial charge in [-0.3, -0.25) is 0 Å². The van der Waals surface area contributed by atoms with Crippen molar-refractivity contribution in [1.29, 1.82) is 0 Å². The van der Waals surface area contributed by atoms with Crippen LogP contribution in [0.2, 0.25) is 0 Å². The first-order chi connectivity index (χ1) is 7.65. The number of hydrogen-bond donors (Lipinski definition) is 1. The summed E-state index contributed by atoms with van der Waals surface area (Å²) < 4.78 is 0. The van der Waals surface area contributed by atoms with Crippen LogP contribution in [0.3, 0.4) is 0 Å². The molecular formula is C14H22N2. The first-order valence-corrected chi connectivity index (χ1v) is 6.23. The fraction of sp³-hybridized carbons (Fsp3) is 0.571. The number of nitrogens with one attached hydrogen (secondary N) is 1. The summed E-state index contributed by atoms with van der Waals surface area (Å²) in [7, 11) is 0. The van der Waals surface area contributed by atoms with Crippen LogP contribution in [0.15, 0.2) is 24.3 Å². The van der Waals surface area contributed by atoms with E-state index in [9.17, 15) is 0 Å². The van der Waals surface area contributed by atoms with Crippen LogP contribution in [0.25, 0.3) is 0 Å². The molecule has 0 aliphatic carbocycles. The molecule has 88 valence electrons. The maximum atomic E-state index is 3.61. The molecule has 1 aromatic rings. The van der Waals surface area contributed by atoms with Crippen molar-refractivity contribution in [1.82, 2.24) is 5.32 Å². The number of anilines is 1. The molecule has 1 aliphatic heterocycles. The molecule has 1 fully saturated rings. The summed E-state index contributed by atoms with van der Waals surface area (Å²) in [6.45, 7) is 8.91. The Kier molecular flexibility index (Phi) is 3.49. The summed E-state index contributed by atoms with van der Waals surface area (Å²) in [5, 5.41) is 3.61. The van der Waals surface area contributed by atoms with Gasteiger partial charge in [-0.05, 0) is 31.0 Å². The largest absolute Gasteiger partial charge is 0.370 e. The van der Waals surface area contributed by atoms with Gasteiger partial charge in [-0.2, -0.15) is 0 Å². The van der Waals surface area contributed by atoms with E-state index in [1.807, 2.05) is 0 Å². The molecule has 0 radical (unpaired) electrons. The molecule has 2 rings (SSSR count). The third-order valence-electron chi connectivity index (χ3n) is 3.12.